The number of carbonyl (C=O) groups is 2. The highest BCUT2D eigenvalue weighted by atomic mass is 16.6. The lowest BCUT2D eigenvalue weighted by molar-refractivity contribution is -0.207. The van der Waals surface area contributed by atoms with E-state index < -0.39 is 23.1 Å². The maximum Gasteiger partial charge on any atom is 0.338 e. The Kier molecular flexibility index (Phi) is 3.70. The molecule has 2 atom stereocenters. The Morgan fingerprint density at radius 2 is 1.85 bits per heavy atom. The molecule has 1 aliphatic carbocycles. The minimum atomic E-state index is -1.74. The highest BCUT2D eigenvalue weighted by Crippen LogP contribution is 2.59. The van der Waals surface area contributed by atoms with Crippen molar-refractivity contribution in [2.24, 2.45) is 0 Å². The minimum absolute atomic E-state index is 0.226. The van der Waals surface area contributed by atoms with Crippen LogP contribution in [0.3, 0.4) is 0 Å². The lowest BCUT2D eigenvalue weighted by Crippen LogP contribution is -2.58. The predicted octanol–water partition coefficient (Wildman–Crippen LogP) is 2.69. The maximum atomic E-state index is 12.9. The SMILES string of the molecule is COC(=O)c1cc2ccccc2c2c1[C@@]1(C(=O)OC)CCCC[C@]1(O)O2. The second-order valence-corrected chi connectivity index (χ2v) is 6.83. The van der Waals surface area contributed by atoms with Gasteiger partial charge in [-0.2, -0.15) is 0 Å². The van der Waals surface area contributed by atoms with Crippen LogP contribution in [0.2, 0.25) is 0 Å². The van der Waals surface area contributed by atoms with E-state index in [0.717, 1.165) is 10.8 Å². The van der Waals surface area contributed by atoms with Gasteiger partial charge in [0.25, 0.3) is 0 Å². The Labute approximate surface area is 150 Å². The molecular weight excluding hydrogens is 336 g/mol. The van der Waals surface area contributed by atoms with E-state index in [4.69, 9.17) is 14.2 Å². The van der Waals surface area contributed by atoms with Gasteiger partial charge < -0.3 is 19.3 Å². The first kappa shape index (κ1) is 16.8. The van der Waals surface area contributed by atoms with Gasteiger partial charge in [0.1, 0.15) is 5.75 Å². The third kappa shape index (κ3) is 1.96. The van der Waals surface area contributed by atoms with E-state index in [2.05, 4.69) is 0 Å². The molecule has 1 fully saturated rings. The highest BCUT2D eigenvalue weighted by Gasteiger charge is 2.67. The number of benzene rings is 2. The van der Waals surface area contributed by atoms with Gasteiger partial charge in [0.05, 0.1) is 19.8 Å². The van der Waals surface area contributed by atoms with Crippen molar-refractivity contribution in [3.8, 4) is 5.75 Å². The Morgan fingerprint density at radius 1 is 1.12 bits per heavy atom. The number of hydrogen-bond donors (Lipinski definition) is 1. The van der Waals surface area contributed by atoms with E-state index >= 15 is 0 Å². The summed E-state index contributed by atoms with van der Waals surface area (Å²) < 4.78 is 16.0. The summed E-state index contributed by atoms with van der Waals surface area (Å²) in [6, 6.07) is 9.08. The number of methoxy groups -OCH3 is 2. The van der Waals surface area contributed by atoms with Crippen LogP contribution in [0, 0.1) is 0 Å². The van der Waals surface area contributed by atoms with Crippen LogP contribution >= 0.6 is 0 Å². The Morgan fingerprint density at radius 3 is 2.58 bits per heavy atom. The van der Waals surface area contributed by atoms with Crippen LogP contribution < -0.4 is 4.74 Å². The normalized spacial score (nSPS) is 26.6. The van der Waals surface area contributed by atoms with Gasteiger partial charge in [-0.3, -0.25) is 4.79 Å². The van der Waals surface area contributed by atoms with E-state index in [1.165, 1.54) is 14.2 Å². The van der Waals surface area contributed by atoms with Crippen molar-refractivity contribution in [1.29, 1.82) is 0 Å². The molecular formula is C20H20O6. The summed E-state index contributed by atoms with van der Waals surface area (Å²) in [5.41, 5.74) is -0.843. The predicted molar refractivity (Wildman–Crippen MR) is 93.0 cm³/mol. The van der Waals surface area contributed by atoms with Crippen LogP contribution in [0.4, 0.5) is 0 Å². The van der Waals surface area contributed by atoms with Gasteiger partial charge in [-0.25, -0.2) is 4.79 Å². The van der Waals surface area contributed by atoms with Crippen LogP contribution in [0.1, 0.15) is 41.6 Å². The fourth-order valence-electron chi connectivity index (χ4n) is 4.44. The van der Waals surface area contributed by atoms with Crippen molar-refractivity contribution < 1.29 is 28.9 Å². The molecule has 1 aliphatic heterocycles. The number of hydrogen-bond acceptors (Lipinski definition) is 6. The van der Waals surface area contributed by atoms with Gasteiger partial charge in [-0.05, 0) is 24.3 Å². The molecule has 0 bridgehead atoms. The van der Waals surface area contributed by atoms with E-state index in [1.54, 1.807) is 6.07 Å². The second kappa shape index (κ2) is 5.71. The molecule has 2 aromatic carbocycles. The van der Waals surface area contributed by atoms with Crippen molar-refractivity contribution in [2.45, 2.75) is 36.9 Å². The Balaban J connectivity index is 2.13. The lowest BCUT2D eigenvalue weighted by atomic mass is 9.65. The molecule has 4 rings (SSSR count). The zero-order chi connectivity index (χ0) is 18.5. The monoisotopic (exact) mass is 356 g/mol. The van der Waals surface area contributed by atoms with Gasteiger partial charge >= 0.3 is 11.9 Å². The number of esters is 2. The van der Waals surface area contributed by atoms with Gasteiger partial charge in [-0.1, -0.05) is 30.7 Å². The summed E-state index contributed by atoms with van der Waals surface area (Å²) in [7, 11) is 2.57. The molecule has 136 valence electrons. The van der Waals surface area contributed by atoms with Crippen LogP contribution in [-0.4, -0.2) is 37.1 Å². The zero-order valence-corrected chi connectivity index (χ0v) is 14.7. The average Bonchev–Trinajstić information content (AvgIpc) is 2.96. The van der Waals surface area contributed by atoms with Crippen molar-refractivity contribution in [2.75, 3.05) is 14.2 Å². The van der Waals surface area contributed by atoms with Crippen LogP contribution in [0.25, 0.3) is 10.8 Å². The largest absolute Gasteiger partial charge is 0.468 e. The van der Waals surface area contributed by atoms with Crippen LogP contribution in [-0.2, 0) is 19.7 Å². The molecule has 6 heteroatoms. The minimum Gasteiger partial charge on any atom is -0.468 e. The number of carbonyl (C=O) groups excluding carboxylic acids is 2. The second-order valence-electron chi connectivity index (χ2n) is 6.83. The third-order valence-corrected chi connectivity index (χ3v) is 5.62. The van der Waals surface area contributed by atoms with E-state index in [9.17, 15) is 14.7 Å². The fourth-order valence-corrected chi connectivity index (χ4v) is 4.44. The average molecular weight is 356 g/mol. The number of fused-ring (bicyclic) bond motifs is 5. The first-order valence-corrected chi connectivity index (χ1v) is 8.63. The van der Waals surface area contributed by atoms with Gasteiger partial charge in [0.15, 0.2) is 5.41 Å². The van der Waals surface area contributed by atoms with E-state index in [-0.39, 0.29) is 12.0 Å². The molecule has 1 saturated carbocycles. The standard InChI is InChI=1S/C20H20O6/c1-24-17(21)14-11-12-7-3-4-8-13(12)16-15(14)19(18(22)25-2)9-5-6-10-20(19,23)26-16/h3-4,7-8,11,23H,5-6,9-10H2,1-2H3/t19-,20+/m1/s1. The fraction of sp³-hybridized carbons (Fsp3) is 0.400. The number of ether oxygens (including phenoxy) is 3. The molecule has 2 aliphatic rings. The topological polar surface area (TPSA) is 82.1 Å². The molecule has 0 amide bonds. The summed E-state index contributed by atoms with van der Waals surface area (Å²) in [5, 5.41) is 12.9. The Hall–Kier alpha value is -2.60. The zero-order valence-electron chi connectivity index (χ0n) is 14.7. The van der Waals surface area contributed by atoms with E-state index in [0.29, 0.717) is 30.6 Å². The van der Waals surface area contributed by atoms with Crippen molar-refractivity contribution in [1.82, 2.24) is 0 Å². The maximum absolute atomic E-state index is 12.9. The first-order valence-electron chi connectivity index (χ1n) is 8.63. The molecule has 1 heterocycles. The quantitative estimate of drug-likeness (QED) is 0.833. The molecule has 0 unspecified atom stereocenters. The van der Waals surface area contributed by atoms with Crippen molar-refractivity contribution >= 4 is 22.7 Å². The smallest absolute Gasteiger partial charge is 0.338 e. The number of rotatable bonds is 2. The summed E-state index contributed by atoms with van der Waals surface area (Å²) in [4.78, 5) is 25.5. The third-order valence-electron chi connectivity index (χ3n) is 5.62. The van der Waals surface area contributed by atoms with Gasteiger partial charge in [-0.15, -0.1) is 0 Å². The van der Waals surface area contributed by atoms with Crippen LogP contribution in [0.15, 0.2) is 30.3 Å². The summed E-state index contributed by atoms with van der Waals surface area (Å²) in [6.07, 6.45) is 2.06. The summed E-state index contributed by atoms with van der Waals surface area (Å²) in [6.45, 7) is 0. The lowest BCUT2D eigenvalue weighted by Gasteiger charge is -2.41. The molecule has 0 saturated heterocycles. The van der Waals surface area contributed by atoms with Crippen molar-refractivity contribution in [3.63, 3.8) is 0 Å². The van der Waals surface area contributed by atoms with E-state index in [1.807, 2.05) is 24.3 Å². The molecule has 1 N–H and O–H groups in total. The highest BCUT2D eigenvalue weighted by molar-refractivity contribution is 6.05. The first-order chi connectivity index (χ1) is 12.5. The number of aliphatic hydroxyl groups is 1. The molecule has 0 radical (unpaired) electrons. The molecule has 2 aromatic rings. The van der Waals surface area contributed by atoms with Gasteiger partial charge in [0, 0.05) is 17.4 Å². The Bertz CT molecular complexity index is 920. The molecule has 6 nitrogen and oxygen atoms in total. The summed E-state index contributed by atoms with van der Waals surface area (Å²) >= 11 is 0. The summed E-state index contributed by atoms with van der Waals surface area (Å²) in [5.74, 6) is -2.56. The molecule has 0 spiro atoms. The molecule has 26 heavy (non-hydrogen) atoms. The van der Waals surface area contributed by atoms with Crippen molar-refractivity contribution in [3.05, 3.63) is 41.5 Å². The van der Waals surface area contributed by atoms with Gasteiger partial charge in [0.2, 0.25) is 5.79 Å². The molecule has 0 aromatic heterocycles. The van der Waals surface area contributed by atoms with Crippen LogP contribution in [0.5, 0.6) is 5.75 Å².